The van der Waals surface area contributed by atoms with Crippen LogP contribution in [0.5, 0.6) is 0 Å². The monoisotopic (exact) mass is 686 g/mol. The molecule has 0 amide bonds. The lowest BCUT2D eigenvalue weighted by Crippen LogP contribution is -1.96. The van der Waals surface area contributed by atoms with E-state index in [1.807, 2.05) is 0 Å². The summed E-state index contributed by atoms with van der Waals surface area (Å²) in [6, 6.07) is 73.4. The van der Waals surface area contributed by atoms with Crippen molar-refractivity contribution in [1.82, 2.24) is 9.97 Å². The van der Waals surface area contributed by atoms with E-state index in [0.29, 0.717) is 5.82 Å². The molecule has 0 bridgehead atoms. The Morgan fingerprint density at radius 3 is 1.37 bits per heavy atom. The molecule has 54 heavy (non-hydrogen) atoms. The van der Waals surface area contributed by atoms with Crippen LogP contribution in [0, 0.1) is 0 Å². The number of nitrogens with zero attached hydrogens (tertiary/aromatic N) is 2. The molecule has 2 heteroatoms. The summed E-state index contributed by atoms with van der Waals surface area (Å²) in [4.78, 5) is 10.5. The summed E-state index contributed by atoms with van der Waals surface area (Å²) >= 11 is 0. The Labute approximate surface area is 314 Å². The fraction of sp³-hybridized carbons (Fsp3) is 0. The fourth-order valence-electron chi connectivity index (χ4n) is 7.77. The van der Waals surface area contributed by atoms with Gasteiger partial charge in [0.05, 0.1) is 11.4 Å². The van der Waals surface area contributed by atoms with Crippen LogP contribution in [0.15, 0.2) is 206 Å². The summed E-state index contributed by atoms with van der Waals surface area (Å²) in [5.41, 5.74) is 11.9. The third-order valence-corrected chi connectivity index (χ3v) is 10.5. The summed E-state index contributed by atoms with van der Waals surface area (Å²) in [7, 11) is 0. The zero-order chi connectivity index (χ0) is 35.8. The average molecular weight is 687 g/mol. The van der Waals surface area contributed by atoms with Crippen LogP contribution in [-0.2, 0) is 0 Å². The predicted octanol–water partition coefficient (Wildman–Crippen LogP) is 13.9. The molecule has 0 radical (unpaired) electrons. The van der Waals surface area contributed by atoms with Crippen LogP contribution in [-0.4, -0.2) is 9.97 Å². The van der Waals surface area contributed by atoms with Gasteiger partial charge in [0.25, 0.3) is 0 Å². The lowest BCUT2D eigenvalue weighted by molar-refractivity contribution is 1.18. The summed E-state index contributed by atoms with van der Waals surface area (Å²) in [6.45, 7) is 0. The Hall–Kier alpha value is -7.16. The molecule has 0 N–H and O–H groups in total. The van der Waals surface area contributed by atoms with Crippen LogP contribution in [0.25, 0.3) is 99.6 Å². The molecule has 0 aliphatic carbocycles. The van der Waals surface area contributed by atoms with E-state index in [-0.39, 0.29) is 0 Å². The van der Waals surface area contributed by atoms with Gasteiger partial charge in [0.2, 0.25) is 0 Å². The highest BCUT2D eigenvalue weighted by Gasteiger charge is 2.15. The first-order valence-corrected chi connectivity index (χ1v) is 18.4. The van der Waals surface area contributed by atoms with E-state index in [1.54, 1.807) is 0 Å². The Bertz CT molecular complexity index is 2870. The van der Waals surface area contributed by atoms with Gasteiger partial charge in [0.1, 0.15) is 0 Å². The van der Waals surface area contributed by atoms with Crippen molar-refractivity contribution < 1.29 is 0 Å². The van der Waals surface area contributed by atoms with Crippen LogP contribution in [0.3, 0.4) is 0 Å². The predicted molar refractivity (Wildman–Crippen MR) is 227 cm³/mol. The van der Waals surface area contributed by atoms with Crippen molar-refractivity contribution in [3.63, 3.8) is 0 Å². The Morgan fingerprint density at radius 2 is 0.741 bits per heavy atom. The van der Waals surface area contributed by atoms with Gasteiger partial charge in [-0.2, -0.15) is 0 Å². The molecule has 0 saturated heterocycles. The third-order valence-electron chi connectivity index (χ3n) is 10.5. The van der Waals surface area contributed by atoms with E-state index < -0.39 is 0 Å². The maximum Gasteiger partial charge on any atom is 0.160 e. The minimum atomic E-state index is 0.693. The molecule has 0 aliphatic heterocycles. The molecule has 252 valence electrons. The molecule has 0 atom stereocenters. The van der Waals surface area contributed by atoms with E-state index in [4.69, 9.17) is 9.97 Å². The minimum absolute atomic E-state index is 0.693. The van der Waals surface area contributed by atoms with E-state index in [1.165, 1.54) is 54.6 Å². The van der Waals surface area contributed by atoms with E-state index in [2.05, 4.69) is 206 Å². The van der Waals surface area contributed by atoms with Crippen LogP contribution in [0.2, 0.25) is 0 Å². The summed E-state index contributed by atoms with van der Waals surface area (Å²) in [5.74, 6) is 0.693. The van der Waals surface area contributed by atoms with Crippen molar-refractivity contribution in [2.75, 3.05) is 0 Å². The van der Waals surface area contributed by atoms with Gasteiger partial charge >= 0.3 is 0 Å². The molecule has 10 rings (SSSR count). The molecule has 1 aromatic heterocycles. The second-order valence-corrected chi connectivity index (χ2v) is 13.8. The van der Waals surface area contributed by atoms with Gasteiger partial charge < -0.3 is 0 Å². The highest BCUT2D eigenvalue weighted by molar-refractivity contribution is 6.20. The van der Waals surface area contributed by atoms with Crippen molar-refractivity contribution >= 4 is 32.3 Å². The lowest BCUT2D eigenvalue weighted by atomic mass is 9.89. The number of hydrogen-bond donors (Lipinski definition) is 0. The first-order chi connectivity index (χ1) is 26.7. The van der Waals surface area contributed by atoms with Crippen molar-refractivity contribution in [2.24, 2.45) is 0 Å². The highest BCUT2D eigenvalue weighted by Crippen LogP contribution is 2.40. The van der Waals surface area contributed by atoms with Gasteiger partial charge in [-0.05, 0) is 90.0 Å². The molecular formula is C52H34N2. The topological polar surface area (TPSA) is 25.8 Å². The Balaban J connectivity index is 1.12. The molecular weight excluding hydrogens is 653 g/mol. The quantitative estimate of drug-likeness (QED) is 0.129. The molecule has 1 heterocycles. The van der Waals surface area contributed by atoms with Crippen LogP contribution < -0.4 is 0 Å². The minimum Gasteiger partial charge on any atom is -0.228 e. The third kappa shape index (κ3) is 5.81. The number of rotatable bonds is 6. The van der Waals surface area contributed by atoms with Gasteiger partial charge in [0, 0.05) is 16.7 Å². The van der Waals surface area contributed by atoms with Crippen molar-refractivity contribution in [3.05, 3.63) is 206 Å². The smallest absolute Gasteiger partial charge is 0.160 e. The normalized spacial score (nSPS) is 11.3. The van der Waals surface area contributed by atoms with Gasteiger partial charge in [-0.1, -0.05) is 182 Å². The number of hydrogen-bond acceptors (Lipinski definition) is 2. The maximum absolute atomic E-state index is 5.24. The second-order valence-electron chi connectivity index (χ2n) is 13.8. The standard InChI is InChI=1S/C52H34N2/c1-3-13-35(14-4-1)40-19-11-21-43(31-40)49-34-50(44-22-12-20-41(32-44)36-15-5-2-6-16-36)54-52(53-49)39-27-25-38(26-28-39)51-46-24-10-8-18-42(46)33-48-45-23-9-7-17-37(45)29-30-47(48)51/h1-34H. The van der Waals surface area contributed by atoms with Gasteiger partial charge in [-0.25, -0.2) is 9.97 Å². The van der Waals surface area contributed by atoms with Crippen molar-refractivity contribution in [3.8, 4) is 67.3 Å². The van der Waals surface area contributed by atoms with Crippen LogP contribution in [0.1, 0.15) is 0 Å². The molecule has 10 aromatic rings. The number of fused-ring (bicyclic) bond motifs is 4. The zero-order valence-corrected chi connectivity index (χ0v) is 29.5. The summed E-state index contributed by atoms with van der Waals surface area (Å²) < 4.78 is 0. The highest BCUT2D eigenvalue weighted by atomic mass is 14.9. The summed E-state index contributed by atoms with van der Waals surface area (Å²) in [5, 5.41) is 7.50. The van der Waals surface area contributed by atoms with E-state index in [9.17, 15) is 0 Å². The molecule has 2 nitrogen and oxygen atoms in total. The van der Waals surface area contributed by atoms with Crippen LogP contribution in [0.4, 0.5) is 0 Å². The van der Waals surface area contributed by atoms with Crippen LogP contribution >= 0.6 is 0 Å². The van der Waals surface area contributed by atoms with Gasteiger partial charge in [0.15, 0.2) is 5.82 Å². The van der Waals surface area contributed by atoms with E-state index in [0.717, 1.165) is 39.2 Å². The lowest BCUT2D eigenvalue weighted by Gasteiger charge is -2.15. The molecule has 0 unspecified atom stereocenters. The number of aromatic nitrogens is 2. The Morgan fingerprint density at radius 1 is 0.241 bits per heavy atom. The van der Waals surface area contributed by atoms with Crippen molar-refractivity contribution in [2.45, 2.75) is 0 Å². The van der Waals surface area contributed by atoms with E-state index >= 15 is 0 Å². The molecule has 9 aromatic carbocycles. The Kier molecular flexibility index (Phi) is 7.85. The molecule has 0 aliphatic rings. The zero-order valence-electron chi connectivity index (χ0n) is 29.5. The molecule has 0 saturated carbocycles. The first kappa shape index (κ1) is 31.6. The fourth-order valence-corrected chi connectivity index (χ4v) is 7.77. The number of benzene rings is 9. The van der Waals surface area contributed by atoms with Gasteiger partial charge in [-0.15, -0.1) is 0 Å². The van der Waals surface area contributed by atoms with Gasteiger partial charge in [-0.3, -0.25) is 0 Å². The second kappa shape index (κ2) is 13.4. The molecule has 0 spiro atoms. The largest absolute Gasteiger partial charge is 0.228 e. The SMILES string of the molecule is c1ccc(-c2cccc(-c3cc(-c4cccc(-c5ccccc5)c4)nc(-c4ccc(-c5c6ccccc6cc6c5ccc5ccccc56)cc4)n3)c2)cc1. The maximum atomic E-state index is 5.24. The first-order valence-electron chi connectivity index (χ1n) is 18.4. The average Bonchev–Trinajstić information content (AvgIpc) is 3.26. The van der Waals surface area contributed by atoms with Crippen molar-refractivity contribution in [1.29, 1.82) is 0 Å². The molecule has 0 fully saturated rings. The summed E-state index contributed by atoms with van der Waals surface area (Å²) in [6.07, 6.45) is 0.